The first-order chi connectivity index (χ1) is 16.7. The van der Waals surface area contributed by atoms with Crippen LogP contribution in [0.3, 0.4) is 0 Å². The topological polar surface area (TPSA) is 208 Å². The average molecular weight is 494 g/mol. The molecule has 1 aliphatic rings. The standard InChI is InChI=1S/C23H35N5O7/c24-10-2-1-4-17(22(33)28-11-3-5-19(28)23(34)35)26-21(32)18(13-29)27-20(31)16(25)12-14-6-8-15(30)9-7-14/h6-9,16-19,29-30H,1-5,10-13,24-25H2,(H,26,32)(H,27,31)(H,34,35). The molecule has 1 aromatic carbocycles. The fourth-order valence-electron chi connectivity index (χ4n) is 3.96. The van der Waals surface area contributed by atoms with Gasteiger partial charge in [0.05, 0.1) is 12.6 Å². The molecule has 1 saturated heterocycles. The number of phenols is 1. The van der Waals surface area contributed by atoms with Crippen molar-refractivity contribution in [2.75, 3.05) is 19.7 Å². The number of carboxylic acid groups (broad SMARTS) is 1. The van der Waals surface area contributed by atoms with Crippen LogP contribution >= 0.6 is 0 Å². The second kappa shape index (κ2) is 13.6. The number of amides is 3. The average Bonchev–Trinajstić information content (AvgIpc) is 3.33. The van der Waals surface area contributed by atoms with E-state index in [1.165, 1.54) is 17.0 Å². The molecular formula is C23H35N5O7. The number of carboxylic acids is 1. The molecule has 0 radical (unpaired) electrons. The second-order valence-electron chi connectivity index (χ2n) is 8.59. The number of aromatic hydroxyl groups is 1. The summed E-state index contributed by atoms with van der Waals surface area (Å²) in [5.41, 5.74) is 12.2. The highest BCUT2D eigenvalue weighted by molar-refractivity contribution is 5.94. The van der Waals surface area contributed by atoms with E-state index < -0.39 is 54.5 Å². The number of hydrogen-bond acceptors (Lipinski definition) is 8. The third-order valence-corrected chi connectivity index (χ3v) is 5.93. The summed E-state index contributed by atoms with van der Waals surface area (Å²) in [5.74, 6) is -3.01. The Labute approximate surface area is 203 Å². The van der Waals surface area contributed by atoms with Crippen LogP contribution in [0.4, 0.5) is 0 Å². The molecule has 12 heteroatoms. The van der Waals surface area contributed by atoms with E-state index in [-0.39, 0.29) is 25.1 Å². The maximum Gasteiger partial charge on any atom is 0.326 e. The molecule has 35 heavy (non-hydrogen) atoms. The maximum atomic E-state index is 13.1. The van der Waals surface area contributed by atoms with Crippen molar-refractivity contribution < 1.29 is 34.5 Å². The number of likely N-dealkylation sites (tertiary alicyclic amines) is 1. The van der Waals surface area contributed by atoms with Crippen LogP contribution in [0.15, 0.2) is 24.3 Å². The maximum absolute atomic E-state index is 13.1. The van der Waals surface area contributed by atoms with Gasteiger partial charge >= 0.3 is 5.97 Å². The van der Waals surface area contributed by atoms with Crippen molar-refractivity contribution in [1.29, 1.82) is 0 Å². The van der Waals surface area contributed by atoms with Gasteiger partial charge in [-0.15, -0.1) is 0 Å². The van der Waals surface area contributed by atoms with Gasteiger partial charge in [0.1, 0.15) is 23.9 Å². The highest BCUT2D eigenvalue weighted by Gasteiger charge is 2.38. The number of carbonyl (C=O) groups is 4. The van der Waals surface area contributed by atoms with Crippen molar-refractivity contribution in [3.63, 3.8) is 0 Å². The minimum atomic E-state index is -1.35. The Kier molecular flexibility index (Phi) is 10.9. The lowest BCUT2D eigenvalue weighted by atomic mass is 10.0. The molecule has 9 N–H and O–H groups in total. The molecule has 0 aromatic heterocycles. The third-order valence-electron chi connectivity index (χ3n) is 5.93. The van der Waals surface area contributed by atoms with Crippen LogP contribution < -0.4 is 22.1 Å². The van der Waals surface area contributed by atoms with Gasteiger partial charge in [-0.25, -0.2) is 4.79 Å². The lowest BCUT2D eigenvalue weighted by molar-refractivity contribution is -0.149. The van der Waals surface area contributed by atoms with E-state index >= 15 is 0 Å². The quantitative estimate of drug-likeness (QED) is 0.158. The molecule has 4 unspecified atom stereocenters. The van der Waals surface area contributed by atoms with Gasteiger partial charge in [0.15, 0.2) is 0 Å². The Bertz CT molecular complexity index is 880. The zero-order chi connectivity index (χ0) is 26.0. The van der Waals surface area contributed by atoms with Crippen molar-refractivity contribution in [2.45, 2.75) is 62.7 Å². The molecule has 1 heterocycles. The number of hydrogen-bond donors (Lipinski definition) is 7. The van der Waals surface area contributed by atoms with E-state index in [0.717, 1.165) is 0 Å². The van der Waals surface area contributed by atoms with Gasteiger partial charge in [-0.2, -0.15) is 0 Å². The number of nitrogens with one attached hydrogen (secondary N) is 2. The van der Waals surface area contributed by atoms with Crippen LogP contribution in [0.5, 0.6) is 5.75 Å². The predicted molar refractivity (Wildman–Crippen MR) is 126 cm³/mol. The Balaban J connectivity index is 2.03. The second-order valence-corrected chi connectivity index (χ2v) is 8.59. The summed E-state index contributed by atoms with van der Waals surface area (Å²) in [5, 5.41) is 33.4. The number of aliphatic carboxylic acids is 1. The highest BCUT2D eigenvalue weighted by atomic mass is 16.4. The van der Waals surface area contributed by atoms with Crippen LogP contribution in [0.2, 0.25) is 0 Å². The lowest BCUT2D eigenvalue weighted by Gasteiger charge is -2.28. The first kappa shape index (κ1) is 28.0. The number of aliphatic hydroxyl groups excluding tert-OH is 1. The molecule has 194 valence electrons. The smallest absolute Gasteiger partial charge is 0.326 e. The Morgan fingerprint density at radius 3 is 2.31 bits per heavy atom. The van der Waals surface area contributed by atoms with E-state index in [0.29, 0.717) is 37.8 Å². The van der Waals surface area contributed by atoms with Crippen molar-refractivity contribution in [3.05, 3.63) is 29.8 Å². The minimum absolute atomic E-state index is 0.0722. The van der Waals surface area contributed by atoms with Crippen LogP contribution in [-0.2, 0) is 25.6 Å². The SMILES string of the molecule is NCCCCC(NC(=O)C(CO)NC(=O)C(N)Cc1ccc(O)cc1)C(=O)N1CCCC1C(=O)O. The van der Waals surface area contributed by atoms with E-state index in [2.05, 4.69) is 10.6 Å². The zero-order valence-corrected chi connectivity index (χ0v) is 19.6. The van der Waals surface area contributed by atoms with Crippen LogP contribution in [0, 0.1) is 0 Å². The number of carbonyl (C=O) groups excluding carboxylic acids is 3. The van der Waals surface area contributed by atoms with Crippen molar-refractivity contribution in [1.82, 2.24) is 15.5 Å². The molecule has 0 spiro atoms. The number of rotatable bonds is 13. The Morgan fingerprint density at radius 1 is 1.06 bits per heavy atom. The first-order valence-electron chi connectivity index (χ1n) is 11.7. The van der Waals surface area contributed by atoms with Crippen molar-refractivity contribution in [3.8, 4) is 5.75 Å². The molecule has 0 aliphatic carbocycles. The normalized spacial score (nSPS) is 17.9. The molecule has 1 fully saturated rings. The summed E-state index contributed by atoms with van der Waals surface area (Å²) in [6.07, 6.45) is 2.37. The number of nitrogens with zero attached hydrogens (tertiary/aromatic N) is 1. The molecular weight excluding hydrogens is 458 g/mol. The zero-order valence-electron chi connectivity index (χ0n) is 19.6. The summed E-state index contributed by atoms with van der Waals surface area (Å²) in [6, 6.07) is 1.78. The van der Waals surface area contributed by atoms with Crippen LogP contribution in [0.25, 0.3) is 0 Å². The first-order valence-corrected chi connectivity index (χ1v) is 11.7. The van der Waals surface area contributed by atoms with E-state index in [1.807, 2.05) is 0 Å². The molecule has 0 saturated carbocycles. The molecule has 2 rings (SSSR count). The molecule has 3 amide bonds. The van der Waals surface area contributed by atoms with E-state index in [4.69, 9.17) is 11.5 Å². The van der Waals surface area contributed by atoms with Gasteiger partial charge in [-0.1, -0.05) is 12.1 Å². The fraction of sp³-hybridized carbons (Fsp3) is 0.565. The molecule has 0 bridgehead atoms. The van der Waals surface area contributed by atoms with Gasteiger partial charge in [-0.3, -0.25) is 14.4 Å². The largest absolute Gasteiger partial charge is 0.508 e. The number of unbranched alkanes of at least 4 members (excludes halogenated alkanes) is 1. The van der Waals surface area contributed by atoms with Gasteiger partial charge in [-0.05, 0) is 62.8 Å². The number of benzene rings is 1. The van der Waals surface area contributed by atoms with Crippen LogP contribution in [-0.4, -0.2) is 87.8 Å². The van der Waals surface area contributed by atoms with Crippen molar-refractivity contribution in [2.24, 2.45) is 11.5 Å². The number of aliphatic hydroxyl groups is 1. The molecule has 4 atom stereocenters. The lowest BCUT2D eigenvalue weighted by Crippen LogP contribution is -2.58. The monoisotopic (exact) mass is 493 g/mol. The summed E-state index contributed by atoms with van der Waals surface area (Å²) in [4.78, 5) is 51.2. The van der Waals surface area contributed by atoms with E-state index in [9.17, 15) is 34.5 Å². The minimum Gasteiger partial charge on any atom is -0.508 e. The highest BCUT2D eigenvalue weighted by Crippen LogP contribution is 2.20. The van der Waals surface area contributed by atoms with Gasteiger partial charge < -0.3 is 42.3 Å². The molecule has 1 aromatic rings. The van der Waals surface area contributed by atoms with Crippen molar-refractivity contribution >= 4 is 23.7 Å². The summed E-state index contributed by atoms with van der Waals surface area (Å²) < 4.78 is 0. The number of phenolic OH excluding ortho intramolecular Hbond substituents is 1. The van der Waals surface area contributed by atoms with Gasteiger partial charge in [0.25, 0.3) is 0 Å². The third kappa shape index (κ3) is 8.19. The number of nitrogens with two attached hydrogens (primary N) is 2. The Hall–Kier alpha value is -3.22. The van der Waals surface area contributed by atoms with E-state index in [1.54, 1.807) is 12.1 Å². The summed E-state index contributed by atoms with van der Waals surface area (Å²) in [6.45, 7) is -0.0649. The van der Waals surface area contributed by atoms with Gasteiger partial charge in [0, 0.05) is 6.54 Å². The summed E-state index contributed by atoms with van der Waals surface area (Å²) >= 11 is 0. The summed E-state index contributed by atoms with van der Waals surface area (Å²) in [7, 11) is 0. The van der Waals surface area contributed by atoms with Crippen LogP contribution in [0.1, 0.15) is 37.7 Å². The predicted octanol–water partition coefficient (Wildman–Crippen LogP) is -1.57. The molecule has 1 aliphatic heterocycles. The Morgan fingerprint density at radius 2 is 1.71 bits per heavy atom. The van der Waals surface area contributed by atoms with Gasteiger partial charge in [0.2, 0.25) is 17.7 Å². The fourth-order valence-corrected chi connectivity index (χ4v) is 3.96. The molecule has 12 nitrogen and oxygen atoms in total.